The van der Waals surface area contributed by atoms with Gasteiger partial charge < -0.3 is 15.1 Å². The number of thioether (sulfide) groups is 1. The number of hydrogen-bond acceptors (Lipinski definition) is 5. The zero-order valence-electron chi connectivity index (χ0n) is 18.3. The first-order valence-electron chi connectivity index (χ1n) is 10.3. The fourth-order valence-corrected chi connectivity index (χ4v) is 3.64. The number of aromatic nitrogens is 2. The van der Waals surface area contributed by atoms with Gasteiger partial charge in [-0.1, -0.05) is 37.7 Å². The number of rotatable bonds is 11. The van der Waals surface area contributed by atoms with E-state index in [-0.39, 0.29) is 5.91 Å². The van der Waals surface area contributed by atoms with E-state index in [1.54, 1.807) is 11.8 Å². The maximum absolute atomic E-state index is 12.4. The normalized spacial score (nSPS) is 11.0. The van der Waals surface area contributed by atoms with Gasteiger partial charge in [-0.15, -0.1) is 0 Å². The third-order valence-corrected chi connectivity index (χ3v) is 5.44. The molecule has 0 spiro atoms. The molecule has 158 valence electrons. The van der Waals surface area contributed by atoms with E-state index >= 15 is 0 Å². The Hall–Kier alpha value is -2.12. The monoisotopic (exact) mass is 416 g/mol. The molecule has 0 bridgehead atoms. The lowest BCUT2D eigenvalue weighted by molar-refractivity contribution is -0.856. The van der Waals surface area contributed by atoms with Gasteiger partial charge in [0, 0.05) is 36.7 Å². The Morgan fingerprint density at radius 3 is 2.69 bits per heavy atom. The van der Waals surface area contributed by atoms with Gasteiger partial charge >= 0.3 is 0 Å². The van der Waals surface area contributed by atoms with Crippen LogP contribution in [0.25, 0.3) is 0 Å². The molecule has 1 heterocycles. The van der Waals surface area contributed by atoms with Gasteiger partial charge in [0.2, 0.25) is 0 Å². The first-order valence-corrected chi connectivity index (χ1v) is 11.3. The van der Waals surface area contributed by atoms with Crippen LogP contribution >= 0.6 is 11.8 Å². The third-order valence-electron chi connectivity index (χ3n) is 4.53. The second kappa shape index (κ2) is 11.8. The molecule has 0 aliphatic rings. The van der Waals surface area contributed by atoms with Crippen LogP contribution in [0.5, 0.6) is 0 Å². The molecule has 1 amide bonds. The van der Waals surface area contributed by atoms with Crippen LogP contribution in [0.2, 0.25) is 0 Å². The quantitative estimate of drug-likeness (QED) is 0.434. The number of carbonyl (C=O) groups is 1. The molecule has 0 radical (unpaired) electrons. The highest BCUT2D eigenvalue weighted by Crippen LogP contribution is 2.23. The van der Waals surface area contributed by atoms with E-state index in [1.807, 2.05) is 24.3 Å². The molecule has 0 atom stereocenters. The van der Waals surface area contributed by atoms with Crippen LogP contribution in [-0.2, 0) is 12.2 Å². The van der Waals surface area contributed by atoms with Crippen molar-refractivity contribution in [3.05, 3.63) is 47.2 Å². The standard InChI is InChI=1S/C22H33N5OS/c1-6-12-27(5)20-15-19(7-2)24-22(25-20)29-16-17-9-8-10-18(14-17)21(28)23-11-13-26(3)4/h8-10,14-15H,6-7,11-13,16H2,1-5H3,(H,23,28)/p+1. The van der Waals surface area contributed by atoms with Crippen LogP contribution in [0.4, 0.5) is 5.82 Å². The molecule has 0 aliphatic carbocycles. The lowest BCUT2D eigenvalue weighted by Crippen LogP contribution is -3.06. The van der Waals surface area contributed by atoms with Gasteiger partial charge in [-0.05, 0) is 30.5 Å². The summed E-state index contributed by atoms with van der Waals surface area (Å²) < 4.78 is 0. The van der Waals surface area contributed by atoms with E-state index in [9.17, 15) is 4.79 Å². The van der Waals surface area contributed by atoms with E-state index in [2.05, 4.69) is 56.3 Å². The molecule has 0 fully saturated rings. The summed E-state index contributed by atoms with van der Waals surface area (Å²) in [6.07, 6.45) is 1.96. The Labute approximate surface area is 179 Å². The highest BCUT2D eigenvalue weighted by atomic mass is 32.2. The molecular formula is C22H34N5OS+. The summed E-state index contributed by atoms with van der Waals surface area (Å²) in [7, 11) is 6.22. The summed E-state index contributed by atoms with van der Waals surface area (Å²) in [6.45, 7) is 6.82. The molecule has 29 heavy (non-hydrogen) atoms. The Morgan fingerprint density at radius 2 is 2.00 bits per heavy atom. The number of likely N-dealkylation sites (N-methyl/N-ethyl adjacent to an activating group) is 1. The topological polar surface area (TPSA) is 62.6 Å². The molecule has 2 rings (SSSR count). The van der Waals surface area contributed by atoms with Gasteiger partial charge in [-0.2, -0.15) is 0 Å². The summed E-state index contributed by atoms with van der Waals surface area (Å²) in [5.74, 6) is 1.68. The average molecular weight is 417 g/mol. The molecule has 0 saturated heterocycles. The number of hydrogen-bond donors (Lipinski definition) is 2. The number of nitrogens with one attached hydrogen (secondary N) is 2. The molecule has 1 aromatic heterocycles. The number of anilines is 1. The maximum atomic E-state index is 12.4. The van der Waals surface area contributed by atoms with Crippen LogP contribution in [0, 0.1) is 0 Å². The fraction of sp³-hybridized carbons (Fsp3) is 0.500. The van der Waals surface area contributed by atoms with Crippen LogP contribution in [-0.4, -0.2) is 56.7 Å². The maximum Gasteiger partial charge on any atom is 0.251 e. The molecule has 7 heteroatoms. The van der Waals surface area contributed by atoms with E-state index in [1.165, 1.54) is 4.90 Å². The zero-order valence-corrected chi connectivity index (χ0v) is 19.1. The Kier molecular flexibility index (Phi) is 9.41. The smallest absolute Gasteiger partial charge is 0.251 e. The first-order chi connectivity index (χ1) is 13.9. The van der Waals surface area contributed by atoms with E-state index in [0.717, 1.165) is 53.9 Å². The van der Waals surface area contributed by atoms with Crippen molar-refractivity contribution in [1.29, 1.82) is 0 Å². The lowest BCUT2D eigenvalue weighted by Gasteiger charge is -2.18. The Morgan fingerprint density at radius 1 is 1.21 bits per heavy atom. The van der Waals surface area contributed by atoms with Crippen molar-refractivity contribution in [2.24, 2.45) is 0 Å². The van der Waals surface area contributed by atoms with Crippen molar-refractivity contribution in [2.45, 2.75) is 37.6 Å². The largest absolute Gasteiger partial charge is 0.360 e. The Bertz CT molecular complexity index is 797. The van der Waals surface area contributed by atoms with Crippen molar-refractivity contribution < 1.29 is 9.69 Å². The zero-order chi connectivity index (χ0) is 21.2. The molecule has 2 aromatic rings. The second-order valence-electron chi connectivity index (χ2n) is 7.48. The number of aryl methyl sites for hydroxylation is 1. The Balaban J connectivity index is 2.04. The molecule has 0 aliphatic heterocycles. The predicted octanol–water partition coefficient (Wildman–Crippen LogP) is 2.05. The number of amides is 1. The van der Waals surface area contributed by atoms with Gasteiger partial charge in [0.05, 0.1) is 27.2 Å². The minimum absolute atomic E-state index is 0.0224. The van der Waals surface area contributed by atoms with Crippen LogP contribution in [0.1, 0.15) is 41.9 Å². The van der Waals surface area contributed by atoms with Crippen molar-refractivity contribution >= 4 is 23.5 Å². The van der Waals surface area contributed by atoms with Crippen LogP contribution in [0.15, 0.2) is 35.5 Å². The molecule has 0 saturated carbocycles. The van der Waals surface area contributed by atoms with Crippen LogP contribution in [0.3, 0.4) is 0 Å². The highest BCUT2D eigenvalue weighted by molar-refractivity contribution is 7.98. The first kappa shape index (κ1) is 23.2. The van der Waals surface area contributed by atoms with Crippen molar-refractivity contribution in [1.82, 2.24) is 15.3 Å². The highest BCUT2D eigenvalue weighted by Gasteiger charge is 2.10. The summed E-state index contributed by atoms with van der Waals surface area (Å²) >= 11 is 1.61. The number of nitrogens with zero attached hydrogens (tertiary/aromatic N) is 3. The summed E-state index contributed by atoms with van der Waals surface area (Å²) in [5.41, 5.74) is 2.84. The van der Waals surface area contributed by atoms with Gasteiger partial charge in [-0.3, -0.25) is 4.79 Å². The average Bonchev–Trinajstić information content (AvgIpc) is 2.72. The van der Waals surface area contributed by atoms with Crippen LogP contribution < -0.4 is 15.1 Å². The van der Waals surface area contributed by atoms with E-state index in [0.29, 0.717) is 12.1 Å². The third kappa shape index (κ3) is 7.66. The van der Waals surface area contributed by atoms with Crippen molar-refractivity contribution in [3.63, 3.8) is 0 Å². The molecule has 0 unspecified atom stereocenters. The predicted molar refractivity (Wildman–Crippen MR) is 121 cm³/mol. The van der Waals surface area contributed by atoms with Crippen molar-refractivity contribution in [2.75, 3.05) is 45.7 Å². The summed E-state index contributed by atoms with van der Waals surface area (Å²) in [4.78, 5) is 25.2. The van der Waals surface area contributed by atoms with E-state index in [4.69, 9.17) is 4.98 Å². The van der Waals surface area contributed by atoms with Crippen molar-refractivity contribution in [3.8, 4) is 0 Å². The second-order valence-corrected chi connectivity index (χ2v) is 8.42. The number of quaternary nitrogens is 1. The van der Waals surface area contributed by atoms with Gasteiger partial charge in [0.15, 0.2) is 5.16 Å². The fourth-order valence-electron chi connectivity index (χ4n) is 2.83. The summed E-state index contributed by atoms with van der Waals surface area (Å²) in [6, 6.07) is 9.87. The molecule has 1 aromatic carbocycles. The molecular weight excluding hydrogens is 382 g/mol. The lowest BCUT2D eigenvalue weighted by atomic mass is 10.1. The number of carbonyl (C=O) groups excluding carboxylic acids is 1. The van der Waals surface area contributed by atoms with Gasteiger partial charge in [0.25, 0.3) is 5.91 Å². The minimum Gasteiger partial charge on any atom is -0.360 e. The SMILES string of the molecule is CCCN(C)c1cc(CC)nc(SCc2cccc(C(=O)NCC[NH+](C)C)c2)n1. The van der Waals surface area contributed by atoms with Gasteiger partial charge in [0.1, 0.15) is 5.82 Å². The summed E-state index contributed by atoms with van der Waals surface area (Å²) in [5, 5.41) is 3.76. The molecule has 6 nitrogen and oxygen atoms in total. The minimum atomic E-state index is -0.0224. The van der Waals surface area contributed by atoms with Gasteiger partial charge in [-0.25, -0.2) is 9.97 Å². The van der Waals surface area contributed by atoms with E-state index < -0.39 is 0 Å². The molecule has 2 N–H and O–H groups in total. The number of benzene rings is 1.